The van der Waals surface area contributed by atoms with Crippen molar-refractivity contribution in [2.24, 2.45) is 0 Å². The molecule has 1 aliphatic heterocycles. The highest BCUT2D eigenvalue weighted by Gasteiger charge is 2.13. The van der Waals surface area contributed by atoms with Crippen molar-refractivity contribution in [3.8, 4) is 11.4 Å². The summed E-state index contributed by atoms with van der Waals surface area (Å²) in [5.74, 6) is 0.545. The van der Waals surface area contributed by atoms with Crippen molar-refractivity contribution >= 4 is 23.8 Å². The second-order valence-electron chi connectivity index (χ2n) is 7.35. The number of benzene rings is 2. The van der Waals surface area contributed by atoms with E-state index in [0.29, 0.717) is 17.1 Å². The molecule has 0 radical (unpaired) electrons. The molecule has 4 rings (SSSR count). The molecular weight excluding hydrogens is 398 g/mol. The predicted octanol–water partition coefficient (Wildman–Crippen LogP) is 3.07. The SMILES string of the molecule is Cc1ccc(-c2n[nH]c(=S)n2CC(=O)NCc2ccc(N3CCOCC3)cc2)cc1. The van der Waals surface area contributed by atoms with E-state index >= 15 is 0 Å². The summed E-state index contributed by atoms with van der Waals surface area (Å²) in [6, 6.07) is 16.3. The first kappa shape index (κ1) is 20.3. The lowest BCUT2D eigenvalue weighted by Gasteiger charge is -2.28. The molecule has 2 heterocycles. The number of amides is 1. The molecule has 0 unspecified atom stereocenters. The number of aromatic nitrogens is 3. The zero-order chi connectivity index (χ0) is 20.9. The minimum Gasteiger partial charge on any atom is -0.378 e. The van der Waals surface area contributed by atoms with Crippen molar-refractivity contribution in [3.63, 3.8) is 0 Å². The standard InChI is InChI=1S/C22H25N5O2S/c1-16-2-6-18(7-3-16)21-24-25-22(30)27(21)15-20(28)23-14-17-4-8-19(9-5-17)26-10-12-29-13-11-26/h2-9H,10-15H2,1H3,(H,23,28)(H,25,30). The first-order valence-corrected chi connectivity index (χ1v) is 10.4. The average Bonchev–Trinajstić information content (AvgIpc) is 3.14. The number of hydrogen-bond acceptors (Lipinski definition) is 5. The van der Waals surface area contributed by atoms with Crippen LogP contribution in [-0.4, -0.2) is 47.0 Å². The number of carbonyl (C=O) groups excluding carboxylic acids is 1. The molecule has 0 aliphatic carbocycles. The van der Waals surface area contributed by atoms with Crippen LogP contribution in [0, 0.1) is 11.7 Å². The summed E-state index contributed by atoms with van der Waals surface area (Å²) in [4.78, 5) is 14.9. The van der Waals surface area contributed by atoms with Gasteiger partial charge in [-0.25, -0.2) is 0 Å². The Bertz CT molecular complexity index is 1050. The summed E-state index contributed by atoms with van der Waals surface area (Å²) in [6.07, 6.45) is 0. The summed E-state index contributed by atoms with van der Waals surface area (Å²) >= 11 is 5.32. The highest BCUT2D eigenvalue weighted by molar-refractivity contribution is 7.71. The number of morpholine rings is 1. The van der Waals surface area contributed by atoms with Crippen molar-refractivity contribution < 1.29 is 9.53 Å². The van der Waals surface area contributed by atoms with Crippen molar-refractivity contribution in [1.82, 2.24) is 20.1 Å². The molecule has 30 heavy (non-hydrogen) atoms. The van der Waals surface area contributed by atoms with Crippen LogP contribution in [0.3, 0.4) is 0 Å². The van der Waals surface area contributed by atoms with Crippen LogP contribution >= 0.6 is 12.2 Å². The molecule has 0 bridgehead atoms. The molecule has 156 valence electrons. The Balaban J connectivity index is 1.37. The number of carbonyl (C=O) groups is 1. The number of hydrogen-bond donors (Lipinski definition) is 2. The lowest BCUT2D eigenvalue weighted by molar-refractivity contribution is -0.121. The molecule has 2 aromatic carbocycles. The number of H-pyrrole nitrogens is 1. The number of ether oxygens (including phenoxy) is 1. The summed E-state index contributed by atoms with van der Waals surface area (Å²) in [5.41, 5.74) is 4.31. The third kappa shape index (κ3) is 4.77. The topological polar surface area (TPSA) is 75.2 Å². The number of aryl methyl sites for hydroxylation is 1. The summed E-state index contributed by atoms with van der Waals surface area (Å²) in [5, 5.41) is 10.1. The van der Waals surface area contributed by atoms with Crippen LogP contribution in [-0.2, 0) is 22.6 Å². The van der Waals surface area contributed by atoms with E-state index in [9.17, 15) is 4.79 Å². The minimum absolute atomic E-state index is 0.113. The Kier molecular flexibility index (Phi) is 6.25. The number of aromatic amines is 1. The first-order chi connectivity index (χ1) is 14.6. The number of rotatable bonds is 6. The fraction of sp³-hybridized carbons (Fsp3) is 0.318. The second-order valence-corrected chi connectivity index (χ2v) is 7.73. The van der Waals surface area contributed by atoms with Crippen molar-refractivity contribution in [1.29, 1.82) is 0 Å². The number of anilines is 1. The summed E-state index contributed by atoms with van der Waals surface area (Å²) < 4.78 is 7.54. The molecule has 0 saturated carbocycles. The molecule has 3 aromatic rings. The van der Waals surface area contributed by atoms with Gasteiger partial charge in [-0.15, -0.1) is 0 Å². The Morgan fingerprint density at radius 1 is 1.13 bits per heavy atom. The Labute approximate surface area is 180 Å². The maximum absolute atomic E-state index is 12.5. The molecule has 7 nitrogen and oxygen atoms in total. The van der Waals surface area contributed by atoms with Gasteiger partial charge in [0.1, 0.15) is 6.54 Å². The van der Waals surface area contributed by atoms with Gasteiger partial charge in [0.05, 0.1) is 13.2 Å². The van der Waals surface area contributed by atoms with Crippen LogP contribution < -0.4 is 10.2 Å². The van der Waals surface area contributed by atoms with E-state index < -0.39 is 0 Å². The van der Waals surface area contributed by atoms with Gasteiger partial charge in [-0.2, -0.15) is 5.10 Å². The fourth-order valence-corrected chi connectivity index (χ4v) is 3.63. The lowest BCUT2D eigenvalue weighted by atomic mass is 10.1. The molecule has 2 N–H and O–H groups in total. The maximum Gasteiger partial charge on any atom is 0.240 e. The zero-order valence-electron chi connectivity index (χ0n) is 16.9. The van der Waals surface area contributed by atoms with E-state index in [0.717, 1.165) is 43.0 Å². The summed E-state index contributed by atoms with van der Waals surface area (Å²) in [7, 11) is 0. The van der Waals surface area contributed by atoms with Gasteiger partial charge < -0.3 is 15.0 Å². The van der Waals surface area contributed by atoms with Crippen LogP contribution in [0.25, 0.3) is 11.4 Å². The quantitative estimate of drug-likeness (QED) is 0.596. The Hall–Kier alpha value is -2.97. The van der Waals surface area contributed by atoms with E-state index in [4.69, 9.17) is 17.0 Å². The van der Waals surface area contributed by atoms with Gasteiger partial charge in [-0.3, -0.25) is 14.5 Å². The monoisotopic (exact) mass is 423 g/mol. The van der Waals surface area contributed by atoms with Gasteiger partial charge in [0.25, 0.3) is 0 Å². The average molecular weight is 424 g/mol. The van der Waals surface area contributed by atoms with Crippen molar-refractivity contribution in [2.45, 2.75) is 20.0 Å². The molecule has 1 saturated heterocycles. The highest BCUT2D eigenvalue weighted by Crippen LogP contribution is 2.18. The van der Waals surface area contributed by atoms with Gasteiger partial charge >= 0.3 is 0 Å². The van der Waals surface area contributed by atoms with E-state index in [1.54, 1.807) is 4.57 Å². The number of nitrogens with one attached hydrogen (secondary N) is 2. The van der Waals surface area contributed by atoms with Crippen molar-refractivity contribution in [3.05, 3.63) is 64.4 Å². The molecule has 1 aliphatic rings. The molecule has 1 fully saturated rings. The zero-order valence-corrected chi connectivity index (χ0v) is 17.7. The minimum atomic E-state index is -0.113. The predicted molar refractivity (Wildman–Crippen MR) is 119 cm³/mol. The van der Waals surface area contributed by atoms with E-state index in [1.165, 1.54) is 5.69 Å². The molecule has 1 aromatic heterocycles. The second kappa shape index (κ2) is 9.23. The molecule has 0 atom stereocenters. The van der Waals surface area contributed by atoms with Crippen LogP contribution in [0.15, 0.2) is 48.5 Å². The summed E-state index contributed by atoms with van der Waals surface area (Å²) in [6.45, 7) is 5.95. The molecule has 1 amide bonds. The Morgan fingerprint density at radius 2 is 1.83 bits per heavy atom. The van der Waals surface area contributed by atoms with Gasteiger partial charge in [0.15, 0.2) is 10.6 Å². The fourth-order valence-electron chi connectivity index (χ4n) is 3.43. The van der Waals surface area contributed by atoms with E-state index in [1.807, 2.05) is 43.3 Å². The molecule has 0 spiro atoms. The van der Waals surface area contributed by atoms with Crippen molar-refractivity contribution in [2.75, 3.05) is 31.2 Å². The van der Waals surface area contributed by atoms with Gasteiger partial charge in [0.2, 0.25) is 5.91 Å². The third-order valence-corrected chi connectivity index (χ3v) is 5.48. The van der Waals surface area contributed by atoms with Crippen LogP contribution in [0.2, 0.25) is 0 Å². The smallest absolute Gasteiger partial charge is 0.240 e. The molecule has 8 heteroatoms. The maximum atomic E-state index is 12.5. The Morgan fingerprint density at radius 3 is 2.53 bits per heavy atom. The highest BCUT2D eigenvalue weighted by atomic mass is 32.1. The first-order valence-electron chi connectivity index (χ1n) is 10.0. The third-order valence-electron chi connectivity index (χ3n) is 5.17. The van der Waals surface area contributed by atoms with Gasteiger partial charge in [0, 0.05) is 30.9 Å². The van der Waals surface area contributed by atoms with Crippen LogP contribution in [0.1, 0.15) is 11.1 Å². The molecular formula is C22H25N5O2S. The van der Waals surface area contributed by atoms with Gasteiger partial charge in [-0.1, -0.05) is 42.0 Å². The van der Waals surface area contributed by atoms with Crippen LogP contribution in [0.4, 0.5) is 5.69 Å². The van der Waals surface area contributed by atoms with Gasteiger partial charge in [-0.05, 0) is 36.8 Å². The largest absolute Gasteiger partial charge is 0.378 e. The van der Waals surface area contributed by atoms with E-state index in [-0.39, 0.29) is 12.5 Å². The van der Waals surface area contributed by atoms with Crippen LogP contribution in [0.5, 0.6) is 0 Å². The lowest BCUT2D eigenvalue weighted by Crippen LogP contribution is -2.36. The van der Waals surface area contributed by atoms with E-state index in [2.05, 4.69) is 32.5 Å². The normalized spacial score (nSPS) is 14.0. The number of nitrogens with zero attached hydrogens (tertiary/aromatic N) is 3.